The molecule has 2 heterocycles. The van der Waals surface area contributed by atoms with Crippen molar-refractivity contribution in [3.8, 4) is 22.9 Å². The number of benzene rings is 2. The first-order valence-electron chi connectivity index (χ1n) is 7.66. The summed E-state index contributed by atoms with van der Waals surface area (Å²) in [6.07, 6.45) is 0. The zero-order chi connectivity index (χ0) is 17.6. The van der Waals surface area contributed by atoms with E-state index in [2.05, 4.69) is 15.2 Å². The lowest BCUT2D eigenvalue weighted by atomic mass is 10.2. The van der Waals surface area contributed by atoms with Gasteiger partial charge in [-0.15, -0.1) is 10.2 Å². The van der Waals surface area contributed by atoms with Crippen LogP contribution in [-0.2, 0) is 0 Å². The summed E-state index contributed by atoms with van der Waals surface area (Å²) in [5, 5.41) is 9.40. The van der Waals surface area contributed by atoms with Crippen LogP contribution in [0.4, 0.5) is 4.39 Å². The lowest BCUT2D eigenvalue weighted by Crippen LogP contribution is -2.00. The fraction of sp³-hybridized carbons (Fsp3) is 0.167. The summed E-state index contributed by atoms with van der Waals surface area (Å²) in [5.74, 6) is 2.23. The average molecular weight is 338 g/mol. The number of hydrogen-bond acceptors (Lipinski definition) is 5. The minimum atomic E-state index is -0.297. The van der Waals surface area contributed by atoms with E-state index in [0.29, 0.717) is 23.0 Å². The maximum absolute atomic E-state index is 13.2. The highest BCUT2D eigenvalue weighted by Crippen LogP contribution is 2.34. The molecule has 2 aromatic carbocycles. The van der Waals surface area contributed by atoms with E-state index in [1.165, 1.54) is 12.1 Å². The van der Waals surface area contributed by atoms with Crippen molar-refractivity contribution in [3.05, 3.63) is 48.0 Å². The second-order valence-corrected chi connectivity index (χ2v) is 5.57. The first-order valence-corrected chi connectivity index (χ1v) is 7.66. The molecule has 4 rings (SSSR count). The Morgan fingerprint density at radius 3 is 2.32 bits per heavy atom. The van der Waals surface area contributed by atoms with Crippen LogP contribution in [0.1, 0.15) is 5.82 Å². The molecule has 25 heavy (non-hydrogen) atoms. The second kappa shape index (κ2) is 5.70. The van der Waals surface area contributed by atoms with E-state index in [4.69, 9.17) is 9.47 Å². The first-order chi connectivity index (χ1) is 12.1. The lowest BCUT2D eigenvalue weighted by Gasteiger charge is -2.11. The van der Waals surface area contributed by atoms with E-state index in [1.54, 1.807) is 26.4 Å². The van der Waals surface area contributed by atoms with Crippen molar-refractivity contribution in [3.63, 3.8) is 0 Å². The maximum atomic E-state index is 13.2. The van der Waals surface area contributed by atoms with Crippen LogP contribution in [0, 0.1) is 12.7 Å². The Balaban J connectivity index is 2.04. The number of hydrogen-bond donors (Lipinski definition) is 0. The highest BCUT2D eigenvalue weighted by atomic mass is 19.1. The predicted octanol–water partition coefficient (Wildman–Crippen LogP) is 3.41. The summed E-state index contributed by atoms with van der Waals surface area (Å²) >= 11 is 0. The molecule has 0 radical (unpaired) electrons. The van der Waals surface area contributed by atoms with E-state index in [1.807, 2.05) is 23.5 Å². The number of aryl methyl sites for hydroxylation is 1. The average Bonchev–Trinajstić information content (AvgIpc) is 3.07. The molecule has 2 aromatic heterocycles. The van der Waals surface area contributed by atoms with Gasteiger partial charge in [-0.2, -0.15) is 0 Å². The third-order valence-electron chi connectivity index (χ3n) is 4.11. The molecule has 0 atom stereocenters. The molecular formula is C18H15FN4O2. The lowest BCUT2D eigenvalue weighted by molar-refractivity contribution is 0.356. The molecule has 6 nitrogen and oxygen atoms in total. The molecule has 0 N–H and O–H groups in total. The molecule has 7 heteroatoms. The minimum absolute atomic E-state index is 0.297. The molecule has 0 aliphatic carbocycles. The van der Waals surface area contributed by atoms with Crippen molar-refractivity contribution in [1.29, 1.82) is 0 Å². The van der Waals surface area contributed by atoms with E-state index >= 15 is 0 Å². The number of aromatic nitrogens is 4. The number of halogens is 1. The molecule has 0 amide bonds. The summed E-state index contributed by atoms with van der Waals surface area (Å²) in [6.45, 7) is 1.87. The van der Waals surface area contributed by atoms with Crippen molar-refractivity contribution in [1.82, 2.24) is 19.6 Å². The summed E-state index contributed by atoms with van der Waals surface area (Å²) in [6, 6.07) is 9.78. The monoisotopic (exact) mass is 338 g/mol. The van der Waals surface area contributed by atoms with Crippen LogP contribution in [0.25, 0.3) is 27.9 Å². The Labute approximate surface area is 142 Å². The molecule has 0 bridgehead atoms. The van der Waals surface area contributed by atoms with Gasteiger partial charge in [-0.3, -0.25) is 4.40 Å². The van der Waals surface area contributed by atoms with Gasteiger partial charge in [0.25, 0.3) is 0 Å². The van der Waals surface area contributed by atoms with Gasteiger partial charge in [-0.1, -0.05) is 0 Å². The molecule has 0 saturated carbocycles. The van der Waals surface area contributed by atoms with Crippen molar-refractivity contribution in [2.45, 2.75) is 6.92 Å². The molecule has 126 valence electrons. The summed E-state index contributed by atoms with van der Waals surface area (Å²) < 4.78 is 25.8. The van der Waals surface area contributed by atoms with Crippen LogP contribution in [0.15, 0.2) is 36.4 Å². The molecule has 4 aromatic rings. The molecule has 0 spiro atoms. The highest BCUT2D eigenvalue weighted by molar-refractivity contribution is 5.94. The van der Waals surface area contributed by atoms with Crippen LogP contribution in [0.5, 0.6) is 11.5 Å². The third-order valence-corrected chi connectivity index (χ3v) is 4.11. The largest absolute Gasteiger partial charge is 0.493 e. The van der Waals surface area contributed by atoms with Gasteiger partial charge in [0.1, 0.15) is 11.6 Å². The van der Waals surface area contributed by atoms with Crippen LogP contribution in [0.2, 0.25) is 0 Å². The normalized spacial score (nSPS) is 11.2. The molecule has 0 aliphatic rings. The van der Waals surface area contributed by atoms with Crippen molar-refractivity contribution >= 4 is 16.6 Å². The number of fused-ring (bicyclic) bond motifs is 3. The molecule has 0 saturated heterocycles. The zero-order valence-electron chi connectivity index (χ0n) is 13.9. The topological polar surface area (TPSA) is 61.5 Å². The number of nitrogens with zero attached hydrogens (tertiary/aromatic N) is 4. The smallest absolute Gasteiger partial charge is 0.172 e. The van der Waals surface area contributed by atoms with Crippen LogP contribution in [-0.4, -0.2) is 33.8 Å². The van der Waals surface area contributed by atoms with Crippen molar-refractivity contribution < 1.29 is 13.9 Å². The number of methoxy groups -OCH3 is 2. The van der Waals surface area contributed by atoms with Gasteiger partial charge in [-0.05, 0) is 37.3 Å². The number of ether oxygens (including phenoxy) is 2. The fourth-order valence-electron chi connectivity index (χ4n) is 2.92. The van der Waals surface area contributed by atoms with Gasteiger partial charge in [0.15, 0.2) is 23.0 Å². The SMILES string of the molecule is COc1cc2nc(C)n3c(-c4ccc(F)cc4)nnc3c2cc1OC. The molecule has 0 unspecified atom stereocenters. The Morgan fingerprint density at radius 1 is 0.960 bits per heavy atom. The Morgan fingerprint density at radius 2 is 1.64 bits per heavy atom. The van der Waals surface area contributed by atoms with E-state index in [-0.39, 0.29) is 5.82 Å². The first kappa shape index (κ1) is 15.3. The van der Waals surface area contributed by atoms with Gasteiger partial charge in [0, 0.05) is 17.0 Å². The summed E-state index contributed by atoms with van der Waals surface area (Å²) in [7, 11) is 3.16. The van der Waals surface area contributed by atoms with Crippen molar-refractivity contribution in [2.75, 3.05) is 14.2 Å². The van der Waals surface area contributed by atoms with E-state index < -0.39 is 0 Å². The van der Waals surface area contributed by atoms with Gasteiger partial charge in [0.05, 0.1) is 19.7 Å². The van der Waals surface area contributed by atoms with Crippen LogP contribution < -0.4 is 9.47 Å². The van der Waals surface area contributed by atoms with Crippen LogP contribution >= 0.6 is 0 Å². The Kier molecular flexibility index (Phi) is 3.49. The summed E-state index contributed by atoms with van der Waals surface area (Å²) in [4.78, 5) is 4.64. The number of rotatable bonds is 3. The minimum Gasteiger partial charge on any atom is -0.493 e. The van der Waals surface area contributed by atoms with Gasteiger partial charge in [0.2, 0.25) is 0 Å². The maximum Gasteiger partial charge on any atom is 0.172 e. The molecular weight excluding hydrogens is 323 g/mol. The predicted molar refractivity (Wildman–Crippen MR) is 91.5 cm³/mol. The Hall–Kier alpha value is -3.22. The highest BCUT2D eigenvalue weighted by Gasteiger charge is 2.17. The van der Waals surface area contributed by atoms with Gasteiger partial charge >= 0.3 is 0 Å². The van der Waals surface area contributed by atoms with E-state index in [9.17, 15) is 4.39 Å². The van der Waals surface area contributed by atoms with E-state index in [0.717, 1.165) is 22.3 Å². The zero-order valence-corrected chi connectivity index (χ0v) is 13.9. The quantitative estimate of drug-likeness (QED) is 0.573. The van der Waals surface area contributed by atoms with Crippen molar-refractivity contribution in [2.24, 2.45) is 0 Å². The molecule has 0 fully saturated rings. The van der Waals surface area contributed by atoms with Gasteiger partial charge < -0.3 is 9.47 Å². The standard InChI is InChI=1S/C18H15FN4O2/c1-10-20-14-9-16(25-3)15(24-2)8-13(14)18-22-21-17(23(10)18)11-4-6-12(19)7-5-11/h4-9H,1-3H3. The second-order valence-electron chi connectivity index (χ2n) is 5.57. The molecule has 0 aliphatic heterocycles. The van der Waals surface area contributed by atoms with Crippen LogP contribution in [0.3, 0.4) is 0 Å². The Bertz CT molecular complexity index is 1090. The fourth-order valence-corrected chi connectivity index (χ4v) is 2.92. The summed E-state index contributed by atoms with van der Waals surface area (Å²) in [5.41, 5.74) is 2.15. The third kappa shape index (κ3) is 2.36. The van der Waals surface area contributed by atoms with Gasteiger partial charge in [-0.25, -0.2) is 9.37 Å².